The molecule has 3 rings (SSSR count). The van der Waals surface area contributed by atoms with Crippen LogP contribution in [0.4, 0.5) is 17.6 Å². The van der Waals surface area contributed by atoms with Gasteiger partial charge in [0.25, 0.3) is 5.91 Å². The number of carbonyl (C=O) groups is 1. The van der Waals surface area contributed by atoms with Crippen LogP contribution in [0.3, 0.4) is 0 Å². The summed E-state index contributed by atoms with van der Waals surface area (Å²) in [6.07, 6.45) is 0.309. The molecule has 2 bridgehead atoms. The Morgan fingerprint density at radius 2 is 2.00 bits per heavy atom. The van der Waals surface area contributed by atoms with Gasteiger partial charge in [0.2, 0.25) is 0 Å². The van der Waals surface area contributed by atoms with Gasteiger partial charge in [-0.2, -0.15) is 0 Å². The van der Waals surface area contributed by atoms with E-state index in [0.29, 0.717) is 6.42 Å². The largest absolute Gasteiger partial charge is 0.522 e. The number of ether oxygens (including phenoxy) is 1. The zero-order valence-electron chi connectivity index (χ0n) is 10.5. The number of nitrogens with zero attached hydrogens (tertiary/aromatic N) is 1. The van der Waals surface area contributed by atoms with Gasteiger partial charge in [-0.25, -0.2) is 4.39 Å². The monoisotopic (exact) mass is 291 g/mol. The maximum absolute atomic E-state index is 13.9. The van der Waals surface area contributed by atoms with Crippen LogP contribution in [-0.2, 0) is 9.53 Å². The SMILES string of the molecule is C#CC1C2CC(CC2OC(F)(F)F)N1C(=O)C1(F)CC1. The minimum atomic E-state index is -4.72. The molecular weight excluding hydrogens is 278 g/mol. The summed E-state index contributed by atoms with van der Waals surface area (Å²) >= 11 is 0. The zero-order valence-corrected chi connectivity index (χ0v) is 10.5. The summed E-state index contributed by atoms with van der Waals surface area (Å²) in [4.78, 5) is 13.3. The lowest BCUT2D eigenvalue weighted by Gasteiger charge is -2.37. The standard InChI is InChI=1S/C13H13F4NO2/c1-2-9-8-5-7(6-10(8)20-13(15,16)17)18(9)11(19)12(14)3-4-12/h1,7-10H,3-6H2. The fourth-order valence-corrected chi connectivity index (χ4v) is 3.36. The zero-order chi connectivity index (χ0) is 14.7. The third kappa shape index (κ3) is 2.06. The van der Waals surface area contributed by atoms with E-state index in [-0.39, 0.29) is 19.3 Å². The number of hydrogen-bond acceptors (Lipinski definition) is 2. The van der Waals surface area contributed by atoms with Gasteiger partial charge in [-0.15, -0.1) is 19.6 Å². The molecular formula is C13H13F4NO2. The van der Waals surface area contributed by atoms with Crippen molar-refractivity contribution >= 4 is 5.91 Å². The van der Waals surface area contributed by atoms with Crippen LogP contribution in [0.5, 0.6) is 0 Å². The van der Waals surface area contributed by atoms with Crippen LogP contribution in [-0.4, -0.2) is 41.0 Å². The van der Waals surface area contributed by atoms with E-state index in [1.54, 1.807) is 0 Å². The topological polar surface area (TPSA) is 29.5 Å². The maximum Gasteiger partial charge on any atom is 0.522 e. The minimum absolute atomic E-state index is 0.0597. The highest BCUT2D eigenvalue weighted by Gasteiger charge is 2.61. The number of hydrogen-bond donors (Lipinski definition) is 0. The second kappa shape index (κ2) is 4.10. The van der Waals surface area contributed by atoms with E-state index in [2.05, 4.69) is 10.7 Å². The number of alkyl halides is 4. The summed E-state index contributed by atoms with van der Waals surface area (Å²) < 4.78 is 54.9. The molecule has 2 aliphatic carbocycles. The summed E-state index contributed by atoms with van der Waals surface area (Å²) in [6.45, 7) is 0. The summed E-state index contributed by atoms with van der Waals surface area (Å²) in [5, 5.41) is 0. The quantitative estimate of drug-likeness (QED) is 0.575. The molecule has 0 aromatic rings. The molecule has 1 saturated heterocycles. The molecule has 1 heterocycles. The van der Waals surface area contributed by atoms with Gasteiger partial charge in [0.1, 0.15) is 0 Å². The summed E-state index contributed by atoms with van der Waals surface area (Å²) in [5.74, 6) is 1.09. The average Bonchev–Trinajstić information content (AvgIpc) is 2.83. The Labute approximate surface area is 113 Å². The van der Waals surface area contributed by atoms with Crippen LogP contribution in [0.1, 0.15) is 25.7 Å². The smallest absolute Gasteiger partial charge is 0.323 e. The second-order valence-corrected chi connectivity index (χ2v) is 5.68. The third-order valence-electron chi connectivity index (χ3n) is 4.39. The Kier molecular flexibility index (Phi) is 2.81. The van der Waals surface area contributed by atoms with Gasteiger partial charge < -0.3 is 4.90 Å². The molecule has 2 saturated carbocycles. The van der Waals surface area contributed by atoms with E-state index >= 15 is 0 Å². The molecule has 1 aliphatic heterocycles. The number of likely N-dealkylation sites (tertiary alicyclic amines) is 1. The number of terminal acetylenes is 1. The molecule has 0 radical (unpaired) electrons. The van der Waals surface area contributed by atoms with Gasteiger partial charge in [-0.1, -0.05) is 5.92 Å². The molecule has 0 N–H and O–H groups in total. The van der Waals surface area contributed by atoms with E-state index in [1.807, 2.05) is 0 Å². The van der Waals surface area contributed by atoms with Gasteiger partial charge in [0, 0.05) is 12.0 Å². The van der Waals surface area contributed by atoms with E-state index in [9.17, 15) is 22.4 Å². The van der Waals surface area contributed by atoms with Crippen LogP contribution >= 0.6 is 0 Å². The predicted molar refractivity (Wildman–Crippen MR) is 60.0 cm³/mol. The van der Waals surface area contributed by atoms with Crippen molar-refractivity contribution < 1.29 is 27.1 Å². The fraction of sp³-hybridized carbons (Fsp3) is 0.769. The summed E-state index contributed by atoms with van der Waals surface area (Å²) in [7, 11) is 0. The molecule has 7 heteroatoms. The molecule has 3 aliphatic rings. The molecule has 20 heavy (non-hydrogen) atoms. The van der Waals surface area contributed by atoms with Crippen molar-refractivity contribution in [3.05, 3.63) is 0 Å². The number of fused-ring (bicyclic) bond motifs is 2. The first-order chi connectivity index (χ1) is 9.25. The molecule has 110 valence electrons. The van der Waals surface area contributed by atoms with Gasteiger partial charge in [0.05, 0.1) is 12.1 Å². The number of amides is 1. The average molecular weight is 291 g/mol. The Hall–Kier alpha value is -1.29. The van der Waals surface area contributed by atoms with Crippen molar-refractivity contribution in [3.8, 4) is 12.3 Å². The Morgan fingerprint density at radius 1 is 1.35 bits per heavy atom. The van der Waals surface area contributed by atoms with Gasteiger partial charge >= 0.3 is 6.36 Å². The fourth-order valence-electron chi connectivity index (χ4n) is 3.36. The molecule has 0 aromatic heterocycles. The van der Waals surface area contributed by atoms with E-state index < -0.39 is 42.0 Å². The first kappa shape index (κ1) is 13.7. The van der Waals surface area contributed by atoms with Crippen molar-refractivity contribution in [1.82, 2.24) is 4.90 Å². The number of carbonyl (C=O) groups excluding carboxylic acids is 1. The first-order valence-corrected chi connectivity index (χ1v) is 6.47. The van der Waals surface area contributed by atoms with Crippen molar-refractivity contribution in [3.63, 3.8) is 0 Å². The van der Waals surface area contributed by atoms with Crippen LogP contribution in [0.15, 0.2) is 0 Å². The highest BCUT2D eigenvalue weighted by molar-refractivity contribution is 5.89. The Balaban J connectivity index is 1.76. The minimum Gasteiger partial charge on any atom is -0.323 e. The Morgan fingerprint density at radius 3 is 2.50 bits per heavy atom. The van der Waals surface area contributed by atoms with Gasteiger partial charge in [-0.3, -0.25) is 9.53 Å². The molecule has 4 atom stereocenters. The number of piperidine rings is 1. The van der Waals surface area contributed by atoms with Crippen LogP contribution in [0, 0.1) is 18.3 Å². The Bertz CT molecular complexity index is 480. The first-order valence-electron chi connectivity index (χ1n) is 6.47. The molecule has 1 amide bonds. The summed E-state index contributed by atoms with van der Waals surface area (Å²) in [6, 6.07) is -1.25. The van der Waals surface area contributed by atoms with Crippen molar-refractivity contribution in [2.75, 3.05) is 0 Å². The second-order valence-electron chi connectivity index (χ2n) is 5.68. The van der Waals surface area contributed by atoms with Gasteiger partial charge in [0.15, 0.2) is 5.67 Å². The van der Waals surface area contributed by atoms with E-state index in [1.165, 1.54) is 4.90 Å². The lowest BCUT2D eigenvalue weighted by molar-refractivity contribution is -0.348. The third-order valence-corrected chi connectivity index (χ3v) is 4.39. The molecule has 0 spiro atoms. The van der Waals surface area contributed by atoms with Crippen molar-refractivity contribution in [2.24, 2.45) is 5.92 Å². The van der Waals surface area contributed by atoms with E-state index in [4.69, 9.17) is 6.42 Å². The van der Waals surface area contributed by atoms with Crippen LogP contribution in [0.2, 0.25) is 0 Å². The van der Waals surface area contributed by atoms with E-state index in [0.717, 1.165) is 0 Å². The summed E-state index contributed by atoms with van der Waals surface area (Å²) in [5.41, 5.74) is -1.85. The van der Waals surface area contributed by atoms with Crippen LogP contribution < -0.4 is 0 Å². The molecule has 3 nitrogen and oxygen atoms in total. The number of rotatable bonds is 2. The lowest BCUT2D eigenvalue weighted by Crippen LogP contribution is -2.52. The van der Waals surface area contributed by atoms with Gasteiger partial charge in [-0.05, 0) is 25.7 Å². The van der Waals surface area contributed by atoms with Crippen molar-refractivity contribution in [2.45, 2.75) is 55.9 Å². The molecule has 0 aromatic carbocycles. The predicted octanol–water partition coefficient (Wildman–Crippen LogP) is 2.02. The lowest BCUT2D eigenvalue weighted by atomic mass is 9.96. The van der Waals surface area contributed by atoms with Crippen LogP contribution in [0.25, 0.3) is 0 Å². The highest BCUT2D eigenvalue weighted by Crippen LogP contribution is 2.50. The molecule has 4 unspecified atom stereocenters. The number of halogens is 4. The van der Waals surface area contributed by atoms with Crippen molar-refractivity contribution in [1.29, 1.82) is 0 Å². The maximum atomic E-state index is 13.9. The molecule has 3 fully saturated rings. The highest BCUT2D eigenvalue weighted by atomic mass is 19.4. The normalized spacial score (nSPS) is 37.9.